The third kappa shape index (κ3) is 4.30. The smallest absolute Gasteiger partial charge is 0.265 e. The number of nitrogens with zero attached hydrogens (tertiary/aromatic N) is 2. The molecule has 7 heteroatoms. The Hall–Kier alpha value is -3.35. The third-order valence-electron chi connectivity index (χ3n) is 5.42. The maximum atomic E-state index is 12.7. The van der Waals surface area contributed by atoms with Crippen LogP contribution in [0, 0.1) is 6.92 Å². The summed E-state index contributed by atoms with van der Waals surface area (Å²) in [6.45, 7) is 3.63. The Morgan fingerprint density at radius 3 is 2.67 bits per heavy atom. The normalized spacial score (nSPS) is 15.6. The number of benzene rings is 2. The highest BCUT2D eigenvalue weighted by Crippen LogP contribution is 2.33. The Kier molecular flexibility index (Phi) is 5.70. The van der Waals surface area contributed by atoms with Crippen molar-refractivity contribution < 1.29 is 19.1 Å². The summed E-state index contributed by atoms with van der Waals surface area (Å²) in [4.78, 5) is 40.9. The first-order chi connectivity index (χ1) is 14.5. The van der Waals surface area contributed by atoms with Gasteiger partial charge in [-0.3, -0.25) is 19.3 Å². The van der Waals surface area contributed by atoms with E-state index in [1.54, 1.807) is 18.2 Å². The maximum absolute atomic E-state index is 12.7. The van der Waals surface area contributed by atoms with Crippen molar-refractivity contribution in [3.63, 3.8) is 0 Å². The van der Waals surface area contributed by atoms with Crippen molar-refractivity contribution in [3.05, 3.63) is 59.2 Å². The highest BCUT2D eigenvalue weighted by atomic mass is 16.5. The molecule has 1 fully saturated rings. The van der Waals surface area contributed by atoms with E-state index in [1.165, 1.54) is 4.90 Å². The predicted molar refractivity (Wildman–Crippen MR) is 112 cm³/mol. The molecule has 30 heavy (non-hydrogen) atoms. The van der Waals surface area contributed by atoms with Gasteiger partial charge in [0, 0.05) is 25.2 Å². The van der Waals surface area contributed by atoms with Gasteiger partial charge in [-0.25, -0.2) is 0 Å². The summed E-state index contributed by atoms with van der Waals surface area (Å²) in [5.74, 6) is -0.135. The molecule has 2 aromatic rings. The van der Waals surface area contributed by atoms with Gasteiger partial charge in [-0.15, -0.1) is 0 Å². The summed E-state index contributed by atoms with van der Waals surface area (Å²) in [6.07, 6.45) is 2.01. The zero-order chi connectivity index (χ0) is 21.1. The molecule has 0 aromatic heterocycles. The minimum atomic E-state index is -0.307. The minimum absolute atomic E-state index is 0.0582. The standard InChI is InChI=1S/C23H25N3O4/c1-16-5-4-6-17(11-16)13-24-21(27)14-26-19-12-18(23(29)25-9-2-3-10-25)7-8-20(19)30-15-22(26)28/h4-8,11-12H,2-3,9-10,13-15H2,1H3,(H,24,27). The molecular weight excluding hydrogens is 382 g/mol. The van der Waals surface area contributed by atoms with Crippen LogP contribution in [0.5, 0.6) is 5.75 Å². The second kappa shape index (κ2) is 8.57. The monoisotopic (exact) mass is 407 g/mol. The molecule has 2 aliphatic rings. The van der Waals surface area contributed by atoms with Gasteiger partial charge >= 0.3 is 0 Å². The summed E-state index contributed by atoms with van der Waals surface area (Å²) in [6, 6.07) is 13.0. The van der Waals surface area contributed by atoms with E-state index in [2.05, 4.69) is 5.32 Å². The first-order valence-corrected chi connectivity index (χ1v) is 10.2. The average Bonchev–Trinajstić information content (AvgIpc) is 3.28. The Bertz CT molecular complexity index is 982. The van der Waals surface area contributed by atoms with E-state index in [4.69, 9.17) is 4.74 Å². The molecule has 3 amide bonds. The number of nitrogens with one attached hydrogen (secondary N) is 1. The molecule has 4 rings (SSSR count). The maximum Gasteiger partial charge on any atom is 0.265 e. The van der Waals surface area contributed by atoms with Crippen LogP contribution in [0.1, 0.15) is 34.3 Å². The van der Waals surface area contributed by atoms with Crippen molar-refractivity contribution in [2.75, 3.05) is 31.1 Å². The van der Waals surface area contributed by atoms with Crippen LogP contribution in [0.3, 0.4) is 0 Å². The molecule has 0 bridgehead atoms. The zero-order valence-corrected chi connectivity index (χ0v) is 17.0. The Labute approximate surface area is 175 Å². The predicted octanol–water partition coefficient (Wildman–Crippen LogP) is 2.27. The summed E-state index contributed by atoms with van der Waals surface area (Å²) >= 11 is 0. The van der Waals surface area contributed by atoms with E-state index in [9.17, 15) is 14.4 Å². The SMILES string of the molecule is Cc1cccc(CNC(=O)CN2C(=O)COc3ccc(C(=O)N4CCCC4)cc32)c1. The number of likely N-dealkylation sites (tertiary alicyclic amines) is 1. The van der Waals surface area contributed by atoms with Crippen LogP contribution < -0.4 is 15.0 Å². The number of anilines is 1. The number of rotatable bonds is 5. The van der Waals surface area contributed by atoms with E-state index in [0.29, 0.717) is 23.5 Å². The summed E-state index contributed by atoms with van der Waals surface area (Å²) < 4.78 is 5.50. The fourth-order valence-electron chi connectivity index (χ4n) is 3.83. The Morgan fingerprint density at radius 2 is 1.90 bits per heavy atom. The molecule has 0 saturated carbocycles. The van der Waals surface area contributed by atoms with Crippen molar-refractivity contribution in [2.24, 2.45) is 0 Å². The molecule has 0 radical (unpaired) electrons. The van der Waals surface area contributed by atoms with Gasteiger partial charge in [0.15, 0.2) is 6.61 Å². The third-order valence-corrected chi connectivity index (χ3v) is 5.42. The molecule has 2 aromatic carbocycles. The van der Waals surface area contributed by atoms with Gasteiger partial charge in [-0.1, -0.05) is 29.8 Å². The Morgan fingerprint density at radius 1 is 1.10 bits per heavy atom. The van der Waals surface area contributed by atoms with Crippen LogP contribution >= 0.6 is 0 Å². The molecule has 2 heterocycles. The highest BCUT2D eigenvalue weighted by Gasteiger charge is 2.29. The summed E-state index contributed by atoms with van der Waals surface area (Å²) in [5.41, 5.74) is 3.07. The van der Waals surface area contributed by atoms with Gasteiger partial charge in [0.25, 0.3) is 11.8 Å². The lowest BCUT2D eigenvalue weighted by Gasteiger charge is -2.29. The van der Waals surface area contributed by atoms with E-state index < -0.39 is 0 Å². The second-order valence-corrected chi connectivity index (χ2v) is 7.72. The Balaban J connectivity index is 1.48. The number of ether oxygens (including phenoxy) is 1. The van der Waals surface area contributed by atoms with Crippen molar-refractivity contribution in [2.45, 2.75) is 26.3 Å². The van der Waals surface area contributed by atoms with Crippen LogP contribution in [-0.2, 0) is 16.1 Å². The van der Waals surface area contributed by atoms with Crippen molar-refractivity contribution >= 4 is 23.4 Å². The van der Waals surface area contributed by atoms with Crippen molar-refractivity contribution in [1.82, 2.24) is 10.2 Å². The summed E-state index contributed by atoms with van der Waals surface area (Å²) in [7, 11) is 0. The van der Waals surface area contributed by atoms with Gasteiger partial charge in [0.1, 0.15) is 12.3 Å². The molecule has 7 nitrogen and oxygen atoms in total. The molecule has 1 N–H and O–H groups in total. The largest absolute Gasteiger partial charge is 0.482 e. The number of carbonyl (C=O) groups excluding carboxylic acids is 3. The topological polar surface area (TPSA) is 79.0 Å². The van der Waals surface area contributed by atoms with E-state index in [0.717, 1.165) is 37.1 Å². The number of hydrogen-bond acceptors (Lipinski definition) is 4. The van der Waals surface area contributed by atoms with Crippen LogP contribution in [0.15, 0.2) is 42.5 Å². The van der Waals surface area contributed by atoms with Gasteiger partial charge in [-0.2, -0.15) is 0 Å². The number of amides is 3. The fourth-order valence-corrected chi connectivity index (χ4v) is 3.83. The first-order valence-electron chi connectivity index (χ1n) is 10.2. The lowest BCUT2D eigenvalue weighted by Crippen LogP contribution is -2.45. The van der Waals surface area contributed by atoms with Crippen molar-refractivity contribution in [1.29, 1.82) is 0 Å². The molecule has 0 atom stereocenters. The zero-order valence-electron chi connectivity index (χ0n) is 17.0. The highest BCUT2D eigenvalue weighted by molar-refractivity contribution is 6.04. The van der Waals surface area contributed by atoms with E-state index >= 15 is 0 Å². The fraction of sp³-hybridized carbons (Fsp3) is 0.348. The molecule has 0 aliphatic carbocycles. The lowest BCUT2D eigenvalue weighted by atomic mass is 10.1. The molecule has 2 aliphatic heterocycles. The van der Waals surface area contributed by atoms with E-state index in [1.807, 2.05) is 36.1 Å². The molecule has 0 unspecified atom stereocenters. The molecule has 0 spiro atoms. The van der Waals surface area contributed by atoms with Crippen molar-refractivity contribution in [3.8, 4) is 5.75 Å². The molecular formula is C23H25N3O4. The minimum Gasteiger partial charge on any atom is -0.482 e. The summed E-state index contributed by atoms with van der Waals surface area (Å²) in [5, 5.41) is 2.86. The molecule has 156 valence electrons. The van der Waals surface area contributed by atoms with E-state index in [-0.39, 0.29) is 30.9 Å². The lowest BCUT2D eigenvalue weighted by molar-refractivity contribution is -0.125. The van der Waals surface area contributed by atoms with Crippen LogP contribution in [0.2, 0.25) is 0 Å². The number of hydrogen-bond donors (Lipinski definition) is 1. The first kappa shape index (κ1) is 19.9. The van der Waals surface area contributed by atoms with Crippen LogP contribution in [0.25, 0.3) is 0 Å². The molecule has 1 saturated heterocycles. The average molecular weight is 407 g/mol. The van der Waals surface area contributed by atoms with Crippen LogP contribution in [-0.4, -0.2) is 48.9 Å². The van der Waals surface area contributed by atoms with Gasteiger partial charge in [0.2, 0.25) is 5.91 Å². The second-order valence-electron chi connectivity index (χ2n) is 7.72. The number of fused-ring (bicyclic) bond motifs is 1. The van der Waals surface area contributed by atoms with Crippen LogP contribution in [0.4, 0.5) is 5.69 Å². The van der Waals surface area contributed by atoms with Gasteiger partial charge in [-0.05, 0) is 43.5 Å². The van der Waals surface area contributed by atoms with Gasteiger partial charge in [0.05, 0.1) is 5.69 Å². The number of aryl methyl sites for hydroxylation is 1. The van der Waals surface area contributed by atoms with Gasteiger partial charge < -0.3 is 15.0 Å². The number of carbonyl (C=O) groups is 3. The quantitative estimate of drug-likeness (QED) is 0.825.